The third kappa shape index (κ3) is 0.773. The van der Waals surface area contributed by atoms with Crippen molar-refractivity contribution < 1.29 is 14.1 Å². The molecule has 1 aromatic heterocycles. The molecule has 0 spiro atoms. The van der Waals surface area contributed by atoms with E-state index in [1.165, 1.54) is 0 Å². The summed E-state index contributed by atoms with van der Waals surface area (Å²) in [5.41, 5.74) is 0.586. The van der Waals surface area contributed by atoms with Crippen molar-refractivity contribution in [1.82, 2.24) is 0 Å². The number of nitrogens with zero attached hydrogens (tertiary/aromatic N) is 1. The van der Waals surface area contributed by atoms with Gasteiger partial charge in [0.2, 0.25) is 5.54 Å². The Kier molecular flexibility index (Phi) is 1.32. The van der Waals surface area contributed by atoms with Crippen molar-refractivity contribution in [2.24, 2.45) is 0 Å². The van der Waals surface area contributed by atoms with Crippen molar-refractivity contribution in [2.45, 2.75) is 19.4 Å². The highest BCUT2D eigenvalue weighted by molar-refractivity contribution is 7.12. The highest BCUT2D eigenvalue weighted by Gasteiger charge is 2.54. The topological polar surface area (TPSA) is 29.3 Å². The van der Waals surface area contributed by atoms with Crippen LogP contribution in [0.1, 0.15) is 29.1 Å². The van der Waals surface area contributed by atoms with Crippen molar-refractivity contribution in [1.29, 1.82) is 0 Å². The molecular formula is C10H10NO2S+. The average Bonchev–Trinajstić information content (AvgIpc) is 2.70. The van der Waals surface area contributed by atoms with Gasteiger partial charge in [-0.1, -0.05) is 0 Å². The summed E-state index contributed by atoms with van der Waals surface area (Å²) < 4.78 is 7.35. The maximum atomic E-state index is 12.0. The Morgan fingerprint density at radius 3 is 3.14 bits per heavy atom. The standard InChI is InChI=1S/C10H10NO2S/c1-10(2)5-13-9-7-6(3-4-14-7)8(12)11(9)10/h3-4H,5H2,1-2H3/q+1. The molecule has 3 nitrogen and oxygen atoms in total. The highest BCUT2D eigenvalue weighted by atomic mass is 32.1. The van der Waals surface area contributed by atoms with Gasteiger partial charge in [-0.25, -0.2) is 4.79 Å². The summed E-state index contributed by atoms with van der Waals surface area (Å²) in [4.78, 5) is 13.0. The molecule has 72 valence electrons. The first-order chi connectivity index (χ1) is 6.61. The van der Waals surface area contributed by atoms with Gasteiger partial charge in [-0.3, -0.25) is 0 Å². The van der Waals surface area contributed by atoms with Crippen molar-refractivity contribution >= 4 is 23.1 Å². The van der Waals surface area contributed by atoms with Gasteiger partial charge in [0.25, 0.3) is 0 Å². The van der Waals surface area contributed by atoms with Gasteiger partial charge in [0.15, 0.2) is 11.5 Å². The molecule has 0 saturated heterocycles. The summed E-state index contributed by atoms with van der Waals surface area (Å²) in [6, 6.07) is 1.87. The number of carbonyl (C=O) groups excluding carboxylic acids is 1. The fourth-order valence-corrected chi connectivity index (χ4v) is 2.82. The number of hydrogen-bond donors (Lipinski definition) is 0. The lowest BCUT2D eigenvalue weighted by molar-refractivity contribution is -0.495. The summed E-state index contributed by atoms with van der Waals surface area (Å²) in [5.74, 6) is 0.837. The van der Waals surface area contributed by atoms with Crippen LogP contribution in [-0.4, -0.2) is 28.5 Å². The van der Waals surface area contributed by atoms with Crippen LogP contribution in [0.4, 0.5) is 0 Å². The van der Waals surface area contributed by atoms with E-state index in [0.717, 1.165) is 16.3 Å². The van der Waals surface area contributed by atoms with E-state index in [1.807, 2.05) is 25.3 Å². The lowest BCUT2D eigenvalue weighted by atomic mass is 10.1. The van der Waals surface area contributed by atoms with Crippen LogP contribution in [0.15, 0.2) is 11.4 Å². The number of ether oxygens (including phenoxy) is 1. The predicted molar refractivity (Wildman–Crippen MR) is 53.0 cm³/mol. The predicted octanol–water partition coefficient (Wildman–Crippen LogP) is 1.47. The third-order valence-electron chi connectivity index (χ3n) is 2.66. The minimum absolute atomic E-state index is 0.0822. The monoisotopic (exact) mass is 208 g/mol. The van der Waals surface area contributed by atoms with Gasteiger partial charge in [0.1, 0.15) is 5.56 Å². The van der Waals surface area contributed by atoms with Crippen LogP contribution < -0.4 is 0 Å². The van der Waals surface area contributed by atoms with Crippen LogP contribution in [0.3, 0.4) is 0 Å². The number of rotatable bonds is 0. The molecule has 3 rings (SSSR count). The molecule has 4 heteroatoms. The van der Waals surface area contributed by atoms with Crippen LogP contribution in [0.5, 0.6) is 0 Å². The van der Waals surface area contributed by atoms with Crippen LogP contribution >= 0.6 is 11.3 Å². The van der Waals surface area contributed by atoms with E-state index in [2.05, 4.69) is 0 Å². The molecule has 14 heavy (non-hydrogen) atoms. The first kappa shape index (κ1) is 8.17. The smallest absolute Gasteiger partial charge is 0.424 e. The van der Waals surface area contributed by atoms with Crippen LogP contribution in [0.2, 0.25) is 0 Å². The molecule has 0 bridgehead atoms. The second kappa shape index (κ2) is 2.25. The molecular weight excluding hydrogens is 198 g/mol. The first-order valence-electron chi connectivity index (χ1n) is 4.53. The van der Waals surface area contributed by atoms with Gasteiger partial charge < -0.3 is 4.74 Å². The molecule has 0 aliphatic carbocycles. The molecule has 1 amide bonds. The Balaban J connectivity index is 2.27. The minimum Gasteiger partial charge on any atom is -0.436 e. The molecule has 0 aromatic carbocycles. The Morgan fingerprint density at radius 2 is 2.36 bits per heavy atom. The first-order valence-corrected chi connectivity index (χ1v) is 5.41. The van der Waals surface area contributed by atoms with E-state index in [9.17, 15) is 4.79 Å². The van der Waals surface area contributed by atoms with E-state index >= 15 is 0 Å². The highest BCUT2D eigenvalue weighted by Crippen LogP contribution is 2.32. The zero-order valence-corrected chi connectivity index (χ0v) is 8.85. The van der Waals surface area contributed by atoms with Gasteiger partial charge in [0.05, 0.1) is 0 Å². The van der Waals surface area contributed by atoms with Gasteiger partial charge in [-0.15, -0.1) is 15.9 Å². The van der Waals surface area contributed by atoms with Gasteiger partial charge in [0, 0.05) is 13.8 Å². The van der Waals surface area contributed by atoms with Crippen molar-refractivity contribution in [2.75, 3.05) is 6.61 Å². The lowest BCUT2D eigenvalue weighted by Crippen LogP contribution is -2.38. The minimum atomic E-state index is -0.203. The average molecular weight is 208 g/mol. The lowest BCUT2D eigenvalue weighted by Gasteiger charge is -2.09. The van der Waals surface area contributed by atoms with Crippen LogP contribution in [0, 0.1) is 0 Å². The van der Waals surface area contributed by atoms with Crippen LogP contribution in [-0.2, 0) is 4.74 Å². The van der Waals surface area contributed by atoms with Gasteiger partial charge >= 0.3 is 11.8 Å². The number of amides is 1. The SMILES string of the molecule is CC1(C)COC2=[N+]1C(=O)c1ccsc12. The molecule has 2 aliphatic heterocycles. The summed E-state index contributed by atoms with van der Waals surface area (Å²) in [5, 5.41) is 1.93. The van der Waals surface area contributed by atoms with Crippen LogP contribution in [0.25, 0.3) is 0 Å². The number of fused-ring (bicyclic) bond motifs is 2. The zero-order valence-electron chi connectivity index (χ0n) is 8.03. The molecule has 1 aromatic rings. The molecule has 0 unspecified atom stereocenters. The number of hydrogen-bond acceptors (Lipinski definition) is 3. The number of carbonyl (C=O) groups is 1. The number of thiophene rings is 1. The maximum absolute atomic E-state index is 12.0. The molecule has 0 atom stereocenters. The summed E-state index contributed by atoms with van der Waals surface area (Å²) >= 11 is 1.57. The van der Waals surface area contributed by atoms with E-state index in [0.29, 0.717) is 6.61 Å². The van der Waals surface area contributed by atoms with Crippen molar-refractivity contribution in [3.8, 4) is 0 Å². The summed E-state index contributed by atoms with van der Waals surface area (Å²) in [6.07, 6.45) is 0. The molecule has 2 aliphatic rings. The third-order valence-corrected chi connectivity index (χ3v) is 3.57. The second-order valence-corrected chi connectivity index (χ2v) is 5.13. The molecule has 0 fully saturated rings. The van der Waals surface area contributed by atoms with E-state index < -0.39 is 0 Å². The normalized spacial score (nSPS) is 22.3. The molecule has 0 radical (unpaired) electrons. The molecule has 0 saturated carbocycles. The van der Waals surface area contributed by atoms with Gasteiger partial charge in [-0.2, -0.15) is 0 Å². The van der Waals surface area contributed by atoms with Crippen molar-refractivity contribution in [3.63, 3.8) is 0 Å². The van der Waals surface area contributed by atoms with Crippen molar-refractivity contribution in [3.05, 3.63) is 21.9 Å². The molecule has 3 heterocycles. The van der Waals surface area contributed by atoms with E-state index in [1.54, 1.807) is 15.9 Å². The Labute approximate surface area is 85.6 Å². The Morgan fingerprint density at radius 1 is 1.57 bits per heavy atom. The van der Waals surface area contributed by atoms with E-state index in [-0.39, 0.29) is 11.4 Å². The Bertz CT molecular complexity index is 470. The Hall–Kier alpha value is -1.16. The molecule has 0 N–H and O–H groups in total. The quantitative estimate of drug-likeness (QED) is 0.604. The zero-order chi connectivity index (χ0) is 9.92. The van der Waals surface area contributed by atoms with Gasteiger partial charge in [-0.05, 0) is 11.4 Å². The fraction of sp³-hybridized carbons (Fsp3) is 0.400. The fourth-order valence-electron chi connectivity index (χ4n) is 1.95. The summed E-state index contributed by atoms with van der Waals surface area (Å²) in [6.45, 7) is 4.63. The maximum Gasteiger partial charge on any atom is 0.424 e. The summed E-state index contributed by atoms with van der Waals surface area (Å²) in [7, 11) is 0. The van der Waals surface area contributed by atoms with E-state index in [4.69, 9.17) is 4.74 Å². The largest absolute Gasteiger partial charge is 0.436 e. The second-order valence-electron chi connectivity index (χ2n) is 4.21.